The zero-order chi connectivity index (χ0) is 21.3. The van der Waals surface area contributed by atoms with E-state index in [-0.39, 0.29) is 17.3 Å². The van der Waals surface area contributed by atoms with Crippen molar-refractivity contribution in [2.75, 3.05) is 14.2 Å². The predicted octanol–water partition coefficient (Wildman–Crippen LogP) is 6.93. The lowest BCUT2D eigenvalue weighted by Gasteiger charge is -2.37. The minimum absolute atomic E-state index is 0.234. The zero-order valence-corrected chi connectivity index (χ0v) is 19.4. The summed E-state index contributed by atoms with van der Waals surface area (Å²) in [7, 11) is 3.56. The highest BCUT2D eigenvalue weighted by molar-refractivity contribution is 9.10. The smallest absolute Gasteiger partial charge is 0.123 e. The molecule has 1 spiro atoms. The molecule has 0 bridgehead atoms. The first-order chi connectivity index (χ1) is 15.1. The first-order valence-corrected chi connectivity index (χ1v) is 11.4. The fourth-order valence-electron chi connectivity index (χ4n) is 6.32. The number of hydrogen-bond donors (Lipinski definition) is 0. The van der Waals surface area contributed by atoms with Gasteiger partial charge in [0.1, 0.15) is 11.5 Å². The number of benzene rings is 3. The van der Waals surface area contributed by atoms with Crippen molar-refractivity contribution >= 4 is 15.9 Å². The van der Waals surface area contributed by atoms with Crippen molar-refractivity contribution in [2.24, 2.45) is 5.92 Å². The third-order valence-electron chi connectivity index (χ3n) is 7.35. The maximum Gasteiger partial charge on any atom is 0.123 e. The van der Waals surface area contributed by atoms with Crippen LogP contribution in [0.3, 0.4) is 0 Å². The molecule has 31 heavy (non-hydrogen) atoms. The van der Waals surface area contributed by atoms with Crippen LogP contribution in [0.1, 0.15) is 33.7 Å². The van der Waals surface area contributed by atoms with Crippen LogP contribution in [0.5, 0.6) is 11.5 Å². The van der Waals surface area contributed by atoms with Gasteiger partial charge in [0.05, 0.1) is 19.6 Å². The molecule has 3 heteroatoms. The summed E-state index contributed by atoms with van der Waals surface area (Å²) in [5.41, 5.74) is 8.66. The SMILES string of the molecule is COc1ccc(C)c2c1C1(c3ccccc3-2)c2c(OC)ccc(Br)c2C2C=CC=CC21. The molecule has 0 saturated heterocycles. The first kappa shape index (κ1) is 18.9. The summed E-state index contributed by atoms with van der Waals surface area (Å²) in [5.74, 6) is 2.36. The van der Waals surface area contributed by atoms with E-state index in [2.05, 4.69) is 95.7 Å². The van der Waals surface area contributed by atoms with E-state index in [0.717, 1.165) is 16.0 Å². The van der Waals surface area contributed by atoms with Crippen molar-refractivity contribution < 1.29 is 9.47 Å². The molecule has 0 amide bonds. The van der Waals surface area contributed by atoms with Crippen LogP contribution >= 0.6 is 15.9 Å². The van der Waals surface area contributed by atoms with Gasteiger partial charge in [-0.3, -0.25) is 0 Å². The van der Waals surface area contributed by atoms with E-state index in [1.165, 1.54) is 38.9 Å². The van der Waals surface area contributed by atoms with Gasteiger partial charge >= 0.3 is 0 Å². The third-order valence-corrected chi connectivity index (χ3v) is 8.04. The van der Waals surface area contributed by atoms with E-state index in [4.69, 9.17) is 9.47 Å². The van der Waals surface area contributed by atoms with Crippen LogP contribution in [0, 0.1) is 12.8 Å². The van der Waals surface area contributed by atoms with Crippen LogP contribution < -0.4 is 9.47 Å². The van der Waals surface area contributed by atoms with Gasteiger partial charge in [0, 0.05) is 27.4 Å². The minimum atomic E-state index is -0.375. The Morgan fingerprint density at radius 2 is 1.55 bits per heavy atom. The molecule has 0 aliphatic heterocycles. The van der Waals surface area contributed by atoms with Gasteiger partial charge in [-0.2, -0.15) is 0 Å². The van der Waals surface area contributed by atoms with E-state index < -0.39 is 0 Å². The molecule has 3 aromatic rings. The van der Waals surface area contributed by atoms with Gasteiger partial charge in [0.25, 0.3) is 0 Å². The van der Waals surface area contributed by atoms with Crippen molar-refractivity contribution in [1.82, 2.24) is 0 Å². The molecule has 3 unspecified atom stereocenters. The van der Waals surface area contributed by atoms with Crippen molar-refractivity contribution in [3.63, 3.8) is 0 Å². The topological polar surface area (TPSA) is 18.5 Å². The van der Waals surface area contributed by atoms with E-state index >= 15 is 0 Å². The average Bonchev–Trinajstić information content (AvgIpc) is 3.29. The van der Waals surface area contributed by atoms with Gasteiger partial charge in [-0.15, -0.1) is 0 Å². The highest BCUT2D eigenvalue weighted by atomic mass is 79.9. The average molecular weight is 471 g/mol. The summed E-state index contributed by atoms with van der Waals surface area (Å²) < 4.78 is 13.2. The van der Waals surface area contributed by atoms with Crippen molar-refractivity contribution in [3.8, 4) is 22.6 Å². The number of ether oxygens (including phenoxy) is 2. The Bertz CT molecular complexity index is 1300. The third kappa shape index (κ3) is 2.17. The number of halogens is 1. The molecule has 154 valence electrons. The van der Waals surface area contributed by atoms with Crippen molar-refractivity contribution in [1.29, 1.82) is 0 Å². The maximum absolute atomic E-state index is 6.03. The molecule has 3 aliphatic rings. The Morgan fingerprint density at radius 3 is 2.35 bits per heavy atom. The van der Waals surface area contributed by atoms with E-state index in [1.54, 1.807) is 14.2 Å². The van der Waals surface area contributed by atoms with Gasteiger partial charge in [-0.25, -0.2) is 0 Å². The fraction of sp³-hybridized carbons (Fsp3) is 0.214. The number of allylic oxidation sites excluding steroid dienone is 4. The summed E-state index contributed by atoms with van der Waals surface area (Å²) in [5, 5.41) is 0. The summed E-state index contributed by atoms with van der Waals surface area (Å²) in [6.07, 6.45) is 9.08. The van der Waals surface area contributed by atoms with Gasteiger partial charge in [0.15, 0.2) is 0 Å². The normalized spacial score (nSPS) is 24.0. The zero-order valence-electron chi connectivity index (χ0n) is 17.8. The van der Waals surface area contributed by atoms with Crippen LogP contribution in [-0.4, -0.2) is 14.2 Å². The van der Waals surface area contributed by atoms with Crippen LogP contribution in [0.4, 0.5) is 0 Å². The molecule has 0 saturated carbocycles. The number of fused-ring (bicyclic) bond motifs is 10. The van der Waals surface area contributed by atoms with Gasteiger partial charge in [-0.1, -0.05) is 70.6 Å². The second-order valence-electron chi connectivity index (χ2n) is 8.55. The quantitative estimate of drug-likeness (QED) is 0.404. The monoisotopic (exact) mass is 470 g/mol. The molecule has 3 atom stereocenters. The Morgan fingerprint density at radius 1 is 0.839 bits per heavy atom. The van der Waals surface area contributed by atoms with E-state index in [0.29, 0.717) is 0 Å². The Balaban J connectivity index is 1.87. The van der Waals surface area contributed by atoms with Gasteiger partial charge < -0.3 is 9.47 Å². The lowest BCUT2D eigenvalue weighted by molar-refractivity contribution is 0.375. The highest BCUT2D eigenvalue weighted by Crippen LogP contribution is 2.69. The molecule has 0 heterocycles. The predicted molar refractivity (Wildman–Crippen MR) is 128 cm³/mol. The first-order valence-electron chi connectivity index (χ1n) is 10.6. The summed E-state index contributed by atoms with van der Waals surface area (Å²) in [6, 6.07) is 17.4. The summed E-state index contributed by atoms with van der Waals surface area (Å²) in [6.45, 7) is 2.20. The standard InChI is InChI=1S/C28H23BrO2/c1-16-12-14-22(30-2)26-24(16)17-8-4-6-10-19(17)28(26)20-11-7-5-9-18(20)25-21(29)13-15-23(31-3)27(25)28/h4-15,18,20H,1-3H3. The number of aryl methyl sites for hydroxylation is 1. The fourth-order valence-corrected chi connectivity index (χ4v) is 6.92. The van der Waals surface area contributed by atoms with Crippen molar-refractivity contribution in [2.45, 2.75) is 18.3 Å². The highest BCUT2D eigenvalue weighted by Gasteiger charge is 2.60. The van der Waals surface area contributed by atoms with Crippen LogP contribution in [-0.2, 0) is 5.41 Å². The van der Waals surface area contributed by atoms with E-state index in [9.17, 15) is 0 Å². The Hall–Kier alpha value is -2.78. The molecule has 3 aliphatic carbocycles. The van der Waals surface area contributed by atoms with Crippen LogP contribution in [0.2, 0.25) is 0 Å². The van der Waals surface area contributed by atoms with Crippen LogP contribution in [0.25, 0.3) is 11.1 Å². The van der Waals surface area contributed by atoms with Gasteiger partial charge in [0.2, 0.25) is 0 Å². The molecule has 2 nitrogen and oxygen atoms in total. The second kappa shape index (κ2) is 6.61. The lowest BCUT2D eigenvalue weighted by Crippen LogP contribution is -2.33. The van der Waals surface area contributed by atoms with Crippen molar-refractivity contribution in [3.05, 3.63) is 105 Å². The molecule has 0 radical (unpaired) electrons. The lowest BCUT2D eigenvalue weighted by atomic mass is 9.65. The number of methoxy groups -OCH3 is 2. The summed E-state index contributed by atoms with van der Waals surface area (Å²) in [4.78, 5) is 0. The molecule has 0 N–H and O–H groups in total. The molecule has 0 fully saturated rings. The van der Waals surface area contributed by atoms with E-state index in [1.807, 2.05) is 0 Å². The van der Waals surface area contributed by atoms with Gasteiger partial charge in [-0.05, 0) is 52.9 Å². The van der Waals surface area contributed by atoms with Crippen LogP contribution in [0.15, 0.2) is 77.3 Å². The minimum Gasteiger partial charge on any atom is -0.496 e. The molecule has 3 aromatic carbocycles. The summed E-state index contributed by atoms with van der Waals surface area (Å²) >= 11 is 3.89. The number of hydrogen-bond acceptors (Lipinski definition) is 2. The maximum atomic E-state index is 6.03. The molecular weight excluding hydrogens is 448 g/mol. The Kier molecular flexibility index (Phi) is 4.04. The largest absolute Gasteiger partial charge is 0.496 e. The number of rotatable bonds is 2. The molecule has 0 aromatic heterocycles. The Labute approximate surface area is 191 Å². The molecule has 6 rings (SSSR count). The molecular formula is C28H23BrO2. The second-order valence-corrected chi connectivity index (χ2v) is 9.40.